The topological polar surface area (TPSA) is 49.4 Å². The monoisotopic (exact) mass is 474 g/mol. The number of hydrogen-bond acceptors (Lipinski definition) is 2. The van der Waals surface area contributed by atoms with E-state index in [0.29, 0.717) is 12.0 Å². The minimum atomic E-state index is -0.773. The van der Waals surface area contributed by atoms with Crippen LogP contribution in [-0.4, -0.2) is 28.8 Å². The molecule has 0 fully saturated rings. The van der Waals surface area contributed by atoms with Gasteiger partial charge >= 0.3 is 0 Å². The van der Waals surface area contributed by atoms with Crippen LogP contribution in [0, 0.1) is 19.7 Å². The van der Waals surface area contributed by atoms with E-state index >= 15 is 0 Å². The van der Waals surface area contributed by atoms with E-state index < -0.39 is 11.9 Å². The number of amides is 2. The van der Waals surface area contributed by atoms with Crippen molar-refractivity contribution in [3.8, 4) is 0 Å². The minimum absolute atomic E-state index is 0.0157. The molecule has 0 saturated heterocycles. The van der Waals surface area contributed by atoms with E-state index in [1.165, 1.54) is 11.0 Å². The molecule has 0 spiro atoms. The third-order valence-electron chi connectivity index (χ3n) is 6.50. The van der Waals surface area contributed by atoms with Crippen LogP contribution in [0.3, 0.4) is 0 Å². The smallest absolute Gasteiger partial charge is 0.243 e. The highest BCUT2D eigenvalue weighted by molar-refractivity contribution is 5.89. The predicted octanol–water partition coefficient (Wildman–Crippen LogP) is 5.54. The average Bonchev–Trinajstić information content (AvgIpc) is 2.85. The van der Waals surface area contributed by atoms with Crippen LogP contribution in [0.2, 0.25) is 0 Å². The Balaban J connectivity index is 1.99. The Kier molecular flexibility index (Phi) is 9.18. The van der Waals surface area contributed by atoms with Gasteiger partial charge in [-0.05, 0) is 55.5 Å². The van der Waals surface area contributed by atoms with Gasteiger partial charge in [0.1, 0.15) is 11.9 Å². The van der Waals surface area contributed by atoms with Crippen molar-refractivity contribution in [3.05, 3.63) is 106 Å². The Hall–Kier alpha value is -3.47. The fourth-order valence-corrected chi connectivity index (χ4v) is 3.99. The zero-order chi connectivity index (χ0) is 25.4. The standard InChI is InChI=1S/C30H35FN2O2/c1-5-23(4)32-30(35)28(18-24-11-7-6-8-12-24)33(20-26-13-9-10-14-27(26)31)29(34)19-25-16-15-21(2)22(3)17-25/h6-17,23,28H,5,18-20H2,1-4H3,(H,32,35)/t23-,28+/m0/s1. The highest BCUT2D eigenvalue weighted by atomic mass is 19.1. The molecule has 1 N–H and O–H groups in total. The molecule has 184 valence electrons. The van der Waals surface area contributed by atoms with E-state index in [9.17, 15) is 14.0 Å². The van der Waals surface area contributed by atoms with Gasteiger partial charge < -0.3 is 10.2 Å². The summed E-state index contributed by atoms with van der Waals surface area (Å²) < 4.78 is 14.7. The molecule has 0 aliphatic carbocycles. The molecule has 0 unspecified atom stereocenters. The number of rotatable bonds is 10. The van der Waals surface area contributed by atoms with Crippen molar-refractivity contribution < 1.29 is 14.0 Å². The van der Waals surface area contributed by atoms with Gasteiger partial charge in [0.15, 0.2) is 0 Å². The maximum absolute atomic E-state index is 14.7. The molecule has 2 atom stereocenters. The lowest BCUT2D eigenvalue weighted by molar-refractivity contribution is -0.141. The summed E-state index contributed by atoms with van der Waals surface area (Å²) in [6.45, 7) is 8.00. The van der Waals surface area contributed by atoms with Gasteiger partial charge in [0.2, 0.25) is 11.8 Å². The molecule has 3 aromatic rings. The van der Waals surface area contributed by atoms with Crippen LogP contribution in [-0.2, 0) is 29.0 Å². The Morgan fingerprint density at radius 3 is 2.26 bits per heavy atom. The van der Waals surface area contributed by atoms with E-state index in [4.69, 9.17) is 0 Å². The molecule has 5 heteroatoms. The number of nitrogens with one attached hydrogen (secondary N) is 1. The first-order valence-electron chi connectivity index (χ1n) is 12.2. The normalized spacial score (nSPS) is 12.6. The molecular formula is C30H35FN2O2. The number of carbonyl (C=O) groups excluding carboxylic acids is 2. The van der Waals surface area contributed by atoms with Crippen molar-refractivity contribution >= 4 is 11.8 Å². The number of benzene rings is 3. The van der Waals surface area contributed by atoms with E-state index in [1.54, 1.807) is 18.2 Å². The van der Waals surface area contributed by atoms with Crippen LogP contribution < -0.4 is 5.32 Å². The molecule has 0 saturated carbocycles. The largest absolute Gasteiger partial charge is 0.352 e. The molecule has 35 heavy (non-hydrogen) atoms. The predicted molar refractivity (Wildman–Crippen MR) is 138 cm³/mol. The summed E-state index contributed by atoms with van der Waals surface area (Å²) in [6, 6.07) is 21.2. The number of aryl methyl sites for hydroxylation is 2. The van der Waals surface area contributed by atoms with Gasteiger partial charge in [-0.25, -0.2) is 4.39 Å². The molecule has 0 aromatic heterocycles. The molecule has 0 bridgehead atoms. The summed E-state index contributed by atoms with van der Waals surface area (Å²) in [6.07, 6.45) is 1.25. The Bertz CT molecular complexity index is 1150. The van der Waals surface area contributed by atoms with Gasteiger partial charge in [-0.15, -0.1) is 0 Å². The fourth-order valence-electron chi connectivity index (χ4n) is 3.99. The zero-order valence-corrected chi connectivity index (χ0v) is 21.1. The second-order valence-corrected chi connectivity index (χ2v) is 9.23. The van der Waals surface area contributed by atoms with Crippen LogP contribution in [0.5, 0.6) is 0 Å². The van der Waals surface area contributed by atoms with Crippen LogP contribution in [0.1, 0.15) is 48.1 Å². The van der Waals surface area contributed by atoms with Crippen molar-refractivity contribution in [2.75, 3.05) is 0 Å². The summed E-state index contributed by atoms with van der Waals surface area (Å²) in [5, 5.41) is 3.04. The van der Waals surface area contributed by atoms with Gasteiger partial charge in [0.25, 0.3) is 0 Å². The first kappa shape index (κ1) is 26.1. The lowest BCUT2D eigenvalue weighted by atomic mass is 10.00. The van der Waals surface area contributed by atoms with Crippen molar-refractivity contribution in [2.45, 2.75) is 65.6 Å². The summed E-state index contributed by atoms with van der Waals surface area (Å²) in [7, 11) is 0. The maximum Gasteiger partial charge on any atom is 0.243 e. The van der Waals surface area contributed by atoms with Gasteiger partial charge in [-0.3, -0.25) is 9.59 Å². The Morgan fingerprint density at radius 2 is 1.60 bits per heavy atom. The second-order valence-electron chi connectivity index (χ2n) is 9.23. The first-order valence-corrected chi connectivity index (χ1v) is 12.2. The molecule has 4 nitrogen and oxygen atoms in total. The lowest BCUT2D eigenvalue weighted by Crippen LogP contribution is -2.52. The highest BCUT2D eigenvalue weighted by Gasteiger charge is 2.31. The average molecular weight is 475 g/mol. The third kappa shape index (κ3) is 7.25. The van der Waals surface area contributed by atoms with Crippen LogP contribution >= 0.6 is 0 Å². The Morgan fingerprint density at radius 1 is 0.914 bits per heavy atom. The minimum Gasteiger partial charge on any atom is -0.352 e. The summed E-state index contributed by atoms with van der Waals surface area (Å²) in [4.78, 5) is 28.8. The van der Waals surface area contributed by atoms with Gasteiger partial charge in [0, 0.05) is 24.6 Å². The summed E-state index contributed by atoms with van der Waals surface area (Å²) >= 11 is 0. The van der Waals surface area contributed by atoms with Gasteiger partial charge in [-0.1, -0.05) is 73.7 Å². The van der Waals surface area contributed by atoms with Gasteiger partial charge in [-0.2, -0.15) is 0 Å². The molecule has 0 heterocycles. The van der Waals surface area contributed by atoms with E-state index in [0.717, 1.165) is 28.7 Å². The number of carbonyl (C=O) groups is 2. The lowest BCUT2D eigenvalue weighted by Gasteiger charge is -2.32. The zero-order valence-electron chi connectivity index (χ0n) is 21.1. The fraction of sp³-hybridized carbons (Fsp3) is 0.333. The van der Waals surface area contributed by atoms with Crippen molar-refractivity contribution in [1.82, 2.24) is 10.2 Å². The molecule has 3 rings (SSSR count). The van der Waals surface area contributed by atoms with E-state index in [-0.39, 0.29) is 30.8 Å². The summed E-state index contributed by atoms with van der Waals surface area (Å²) in [5.41, 5.74) is 4.45. The van der Waals surface area contributed by atoms with E-state index in [2.05, 4.69) is 5.32 Å². The molecule has 0 aliphatic rings. The SMILES string of the molecule is CC[C@H](C)NC(=O)[C@@H](Cc1ccccc1)N(Cc1ccccc1F)C(=O)Cc1ccc(C)c(C)c1. The molecule has 0 aliphatic heterocycles. The van der Waals surface area contributed by atoms with Crippen LogP contribution in [0.25, 0.3) is 0 Å². The summed E-state index contributed by atoms with van der Waals surface area (Å²) in [5.74, 6) is -0.831. The Labute approximate surface area is 208 Å². The van der Waals surface area contributed by atoms with E-state index in [1.807, 2.05) is 76.2 Å². The first-order chi connectivity index (χ1) is 16.8. The maximum atomic E-state index is 14.7. The number of nitrogens with zero attached hydrogens (tertiary/aromatic N) is 1. The quantitative estimate of drug-likeness (QED) is 0.419. The second kappa shape index (κ2) is 12.3. The van der Waals surface area contributed by atoms with Crippen molar-refractivity contribution in [2.24, 2.45) is 0 Å². The van der Waals surface area contributed by atoms with Crippen LogP contribution in [0.4, 0.5) is 4.39 Å². The molecule has 0 radical (unpaired) electrons. The molecular weight excluding hydrogens is 439 g/mol. The van der Waals surface area contributed by atoms with Crippen molar-refractivity contribution in [1.29, 1.82) is 0 Å². The number of hydrogen-bond donors (Lipinski definition) is 1. The third-order valence-corrected chi connectivity index (χ3v) is 6.50. The van der Waals surface area contributed by atoms with Crippen molar-refractivity contribution in [3.63, 3.8) is 0 Å². The molecule has 3 aromatic carbocycles. The molecule has 2 amide bonds. The van der Waals surface area contributed by atoms with Crippen LogP contribution in [0.15, 0.2) is 72.8 Å². The highest BCUT2D eigenvalue weighted by Crippen LogP contribution is 2.19. The number of halogens is 1. The van der Waals surface area contributed by atoms with Gasteiger partial charge in [0.05, 0.1) is 6.42 Å².